The van der Waals surface area contributed by atoms with E-state index in [2.05, 4.69) is 225 Å². The van der Waals surface area contributed by atoms with Crippen molar-refractivity contribution in [3.05, 3.63) is 372 Å². The molecule has 1 saturated heterocycles. The summed E-state index contributed by atoms with van der Waals surface area (Å²) in [6.45, 7) is 0.501. The van der Waals surface area contributed by atoms with E-state index in [-0.39, 0.29) is 24.5 Å². The Balaban J connectivity index is 0.000000152. The minimum atomic E-state index is -0.842. The molecule has 468 valence electrons. The van der Waals surface area contributed by atoms with Crippen LogP contribution in [0.2, 0.25) is 0 Å². The van der Waals surface area contributed by atoms with Crippen LogP contribution in [0.4, 0.5) is 11.4 Å². The number of aliphatic hydroxyl groups excluding tert-OH is 1. The molecule has 0 radical (unpaired) electrons. The maximum Gasteiger partial charge on any atom is 0.269 e. The number of rotatable bonds is 16. The number of aliphatic hydroxyl groups is 1. The molecule has 0 unspecified atom stereocenters. The second-order valence-corrected chi connectivity index (χ2v) is 24.6. The highest BCUT2D eigenvalue weighted by Gasteiger charge is 2.45. The lowest BCUT2D eigenvalue weighted by Crippen LogP contribution is -2.38. The Morgan fingerprint density at radius 3 is 1.18 bits per heavy atom. The average Bonchev–Trinajstić information content (AvgIpc) is 1.61. The zero-order valence-electron chi connectivity index (χ0n) is 52.8. The van der Waals surface area contributed by atoms with Gasteiger partial charge in [0.1, 0.15) is 33.9 Å². The van der Waals surface area contributed by atoms with E-state index >= 15 is 0 Å². The lowest BCUT2D eigenvalue weighted by molar-refractivity contribution is -0.119. The van der Waals surface area contributed by atoms with Crippen molar-refractivity contribution in [3.63, 3.8) is 0 Å². The standard InChI is InChI=1S/C42H33N5O2.C42H31N5O/c48-28-38(29-13-5-1-6-14-29)45-41(49)37-25-31-26-39-35(27-36(31)44-37)40(30-21-23-43-24-22-30)46-47(39)42(32-15-7-2-8-16-32,33-17-9-3-10-18-33)34-19-11-4-12-20-34;48-41(46-28-39(46)29-13-5-1-6-14-29)37-25-31-26-38-35(27-36(31)44-37)40(30-21-23-43-24-22-30)45-47(38)42(32-15-7-2-8-16-32,33-17-9-3-10-18-33)34-19-11-4-12-20-34/h1-24,26-27,38,48H,25,28H2,(H,45,49);1-24,26-27,39H,25,28H2/t38-;39-,46?/m11/s1. The van der Waals surface area contributed by atoms with Gasteiger partial charge >= 0.3 is 0 Å². The fraction of sp³-hybridized carbons (Fsp3) is 0.0952. The lowest BCUT2D eigenvalue weighted by Gasteiger charge is -2.37. The molecule has 0 bridgehead atoms. The summed E-state index contributed by atoms with van der Waals surface area (Å²) in [6, 6.07) is 98.9. The predicted octanol–water partition coefficient (Wildman–Crippen LogP) is 15.6. The average molecular weight is 1260 g/mol. The highest BCUT2D eigenvalue weighted by Crippen LogP contribution is 2.49. The molecule has 13 heteroatoms. The first-order chi connectivity index (χ1) is 47.9. The highest BCUT2D eigenvalue weighted by molar-refractivity contribution is 6.42. The van der Waals surface area contributed by atoms with Gasteiger partial charge in [-0.3, -0.25) is 19.6 Å². The summed E-state index contributed by atoms with van der Waals surface area (Å²) in [5.74, 6) is -0.293. The Morgan fingerprint density at radius 1 is 0.443 bits per heavy atom. The second-order valence-electron chi connectivity index (χ2n) is 24.6. The molecule has 4 aromatic heterocycles. The van der Waals surface area contributed by atoms with E-state index in [9.17, 15) is 14.7 Å². The maximum absolute atomic E-state index is 13.7. The number of carbonyl (C=O) groups is 2. The number of nitrogens with zero attached hydrogens (tertiary/aromatic N) is 9. The van der Waals surface area contributed by atoms with Gasteiger partial charge in [-0.05, 0) is 104 Å². The fourth-order valence-corrected chi connectivity index (χ4v) is 14.3. The Labute approximate surface area is 561 Å². The number of carbonyl (C=O) groups excluding carboxylic acids is 2. The number of benzene rings is 10. The summed E-state index contributed by atoms with van der Waals surface area (Å²) in [4.78, 5) is 47.6. The topological polar surface area (TPSA) is 156 Å². The van der Waals surface area contributed by atoms with Crippen molar-refractivity contribution in [1.29, 1.82) is 0 Å². The van der Waals surface area contributed by atoms with Crippen LogP contribution in [0.15, 0.2) is 326 Å². The van der Waals surface area contributed by atoms with Gasteiger partial charge in [-0.2, -0.15) is 10.2 Å². The monoisotopic (exact) mass is 1260 g/mol. The van der Waals surface area contributed by atoms with E-state index in [1.54, 1.807) is 24.8 Å². The van der Waals surface area contributed by atoms with E-state index in [0.717, 1.165) is 118 Å². The number of pyridine rings is 2. The third-order valence-electron chi connectivity index (χ3n) is 18.9. The smallest absolute Gasteiger partial charge is 0.269 e. The molecule has 10 aromatic carbocycles. The van der Waals surface area contributed by atoms with Crippen molar-refractivity contribution in [2.75, 3.05) is 13.2 Å². The van der Waals surface area contributed by atoms with Gasteiger partial charge in [0.15, 0.2) is 0 Å². The molecule has 0 aliphatic carbocycles. The fourth-order valence-electron chi connectivity index (χ4n) is 14.3. The molecular weight excluding hydrogens is 1200 g/mol. The van der Waals surface area contributed by atoms with Crippen molar-refractivity contribution < 1.29 is 14.7 Å². The van der Waals surface area contributed by atoms with Crippen molar-refractivity contribution in [2.24, 2.45) is 9.98 Å². The number of hydrogen-bond acceptors (Lipinski definition) is 9. The first-order valence-electron chi connectivity index (χ1n) is 32.6. The summed E-state index contributed by atoms with van der Waals surface area (Å²) < 4.78 is 4.33. The summed E-state index contributed by atoms with van der Waals surface area (Å²) in [5, 5.41) is 26.0. The summed E-state index contributed by atoms with van der Waals surface area (Å²) >= 11 is 0. The van der Waals surface area contributed by atoms with Crippen molar-refractivity contribution >= 4 is 56.4 Å². The normalized spacial score (nSPS) is 14.2. The zero-order chi connectivity index (χ0) is 65.3. The Kier molecular flexibility index (Phi) is 15.7. The molecule has 14 aromatic rings. The Bertz CT molecular complexity index is 5040. The van der Waals surface area contributed by atoms with Gasteiger partial charge < -0.3 is 15.3 Å². The molecule has 1 fully saturated rings. The van der Waals surface area contributed by atoms with Gasteiger partial charge in [0.25, 0.3) is 11.8 Å². The number of aromatic nitrogens is 6. The summed E-state index contributed by atoms with van der Waals surface area (Å²) in [6.07, 6.45) is 7.99. The molecule has 17 rings (SSSR count). The highest BCUT2D eigenvalue weighted by atomic mass is 16.3. The van der Waals surface area contributed by atoms with Crippen LogP contribution in [0.5, 0.6) is 0 Å². The predicted molar refractivity (Wildman–Crippen MR) is 382 cm³/mol. The first-order valence-corrected chi connectivity index (χ1v) is 32.6. The van der Waals surface area contributed by atoms with Gasteiger partial charge in [-0.25, -0.2) is 19.3 Å². The van der Waals surface area contributed by atoms with Crippen LogP contribution < -0.4 is 5.32 Å². The van der Waals surface area contributed by atoms with E-state index in [1.165, 1.54) is 0 Å². The number of hydrogen-bond donors (Lipinski definition) is 2. The molecule has 0 spiro atoms. The Hall–Kier alpha value is -12.3. The van der Waals surface area contributed by atoms with Crippen LogP contribution in [-0.2, 0) is 33.5 Å². The number of fused-ring (bicyclic) bond motifs is 4. The van der Waals surface area contributed by atoms with Crippen molar-refractivity contribution in [2.45, 2.75) is 36.0 Å². The molecule has 3 aliphatic heterocycles. The van der Waals surface area contributed by atoms with Crippen LogP contribution >= 0.6 is 0 Å². The quantitative estimate of drug-likeness (QED) is 0.0721. The van der Waals surface area contributed by atoms with Gasteiger partial charge in [0.05, 0.1) is 41.1 Å². The van der Waals surface area contributed by atoms with Crippen molar-refractivity contribution in [3.8, 4) is 22.5 Å². The summed E-state index contributed by atoms with van der Waals surface area (Å²) in [5.41, 5.74) is 16.7. The largest absolute Gasteiger partial charge is 0.394 e. The van der Waals surface area contributed by atoms with E-state index in [0.29, 0.717) is 24.3 Å². The second kappa shape index (κ2) is 25.5. The lowest BCUT2D eigenvalue weighted by atomic mass is 9.77. The van der Waals surface area contributed by atoms with E-state index in [1.807, 2.05) is 95.9 Å². The van der Waals surface area contributed by atoms with Crippen LogP contribution in [0, 0.1) is 0 Å². The van der Waals surface area contributed by atoms with Crippen LogP contribution in [0.25, 0.3) is 44.3 Å². The van der Waals surface area contributed by atoms with Crippen LogP contribution in [0.1, 0.15) is 67.7 Å². The Morgan fingerprint density at radius 2 is 0.794 bits per heavy atom. The van der Waals surface area contributed by atoms with Crippen LogP contribution in [-0.4, -0.2) is 75.9 Å². The molecule has 0 saturated carbocycles. The molecule has 3 aliphatic rings. The number of aliphatic imine (C=N–C) groups is 2. The minimum absolute atomic E-state index is 0.00676. The number of amides is 2. The SMILES string of the molecule is O=C(C1=Nc2cc3c(-c4ccncc4)nn(C(c4ccccc4)(c4ccccc4)c4ccccc4)c3cc2C1)N1C[C@@H]1c1ccccc1.O=C(N[C@H](CO)c1ccccc1)C1=Nc2cc3c(-c4ccncc4)nn(C(c4ccccc4)(c4ccccc4)c4ccccc4)c3cc2C1. The maximum atomic E-state index is 13.7. The molecule has 13 nitrogen and oxygen atoms in total. The van der Waals surface area contributed by atoms with Crippen molar-refractivity contribution in [1.82, 2.24) is 39.7 Å². The molecule has 2 amide bonds. The summed E-state index contributed by atoms with van der Waals surface area (Å²) in [7, 11) is 0. The molecular formula is C84H64N10O3. The third kappa shape index (κ3) is 10.8. The molecule has 97 heavy (non-hydrogen) atoms. The molecule has 7 heterocycles. The van der Waals surface area contributed by atoms with E-state index < -0.39 is 17.1 Å². The van der Waals surface area contributed by atoms with Crippen LogP contribution in [0.3, 0.4) is 0 Å². The van der Waals surface area contributed by atoms with Gasteiger partial charge in [0.2, 0.25) is 0 Å². The van der Waals surface area contributed by atoms with Gasteiger partial charge in [-0.1, -0.05) is 243 Å². The van der Waals surface area contributed by atoms with Gasteiger partial charge in [0, 0.05) is 66.1 Å². The molecule has 2 atom stereocenters. The van der Waals surface area contributed by atoms with E-state index in [4.69, 9.17) is 20.2 Å². The molecule has 2 N–H and O–H groups in total. The first kappa shape index (κ1) is 59.7. The third-order valence-corrected chi connectivity index (χ3v) is 18.9. The number of nitrogens with one attached hydrogen (secondary N) is 1. The minimum Gasteiger partial charge on any atom is -0.394 e. The van der Waals surface area contributed by atoms with Gasteiger partial charge in [-0.15, -0.1) is 0 Å². The zero-order valence-corrected chi connectivity index (χ0v) is 52.8.